The molecule has 0 aromatic carbocycles. The second-order valence-corrected chi connectivity index (χ2v) is 4.60. The van der Waals surface area contributed by atoms with Crippen LogP contribution in [-0.2, 0) is 4.74 Å². The first-order chi connectivity index (χ1) is 7.90. The highest BCUT2D eigenvalue weighted by Crippen LogP contribution is 2.15. The van der Waals surface area contributed by atoms with E-state index in [0.29, 0.717) is 12.6 Å². The third-order valence-corrected chi connectivity index (χ3v) is 3.23. The second kappa shape index (κ2) is 6.56. The summed E-state index contributed by atoms with van der Waals surface area (Å²) in [5.41, 5.74) is 0. The second-order valence-electron chi connectivity index (χ2n) is 4.60. The Morgan fingerprint density at radius 1 is 1.35 bits per heavy atom. The number of nitrogens with one attached hydrogen (secondary N) is 1. The molecule has 1 N–H and O–H groups in total. The first kappa shape index (κ1) is 14.7. The lowest BCUT2D eigenvalue weighted by Crippen LogP contribution is -2.47. The topological polar surface area (TPSA) is 24.5 Å². The number of hydrogen-bond donors (Lipinski definition) is 1. The maximum absolute atomic E-state index is 12.0. The molecule has 1 aliphatic heterocycles. The van der Waals surface area contributed by atoms with Crippen molar-refractivity contribution >= 4 is 0 Å². The van der Waals surface area contributed by atoms with Crippen LogP contribution < -0.4 is 5.32 Å². The van der Waals surface area contributed by atoms with Crippen LogP contribution in [0.2, 0.25) is 0 Å². The van der Waals surface area contributed by atoms with Crippen molar-refractivity contribution in [3.05, 3.63) is 0 Å². The van der Waals surface area contributed by atoms with Gasteiger partial charge in [0.2, 0.25) is 0 Å². The van der Waals surface area contributed by atoms with Gasteiger partial charge in [-0.3, -0.25) is 4.90 Å². The van der Waals surface area contributed by atoms with Gasteiger partial charge < -0.3 is 10.1 Å². The highest BCUT2D eigenvalue weighted by Gasteiger charge is 2.27. The minimum atomic E-state index is -4.13. The number of hydrogen-bond acceptors (Lipinski definition) is 3. The number of ether oxygens (including phenoxy) is 1. The first-order valence-electron chi connectivity index (χ1n) is 5.97. The maximum Gasteiger partial charge on any atom is 0.401 e. The summed E-state index contributed by atoms with van der Waals surface area (Å²) in [5.74, 6) is 0. The van der Waals surface area contributed by atoms with Gasteiger partial charge in [0, 0.05) is 31.8 Å². The van der Waals surface area contributed by atoms with Gasteiger partial charge in [-0.25, -0.2) is 0 Å². The van der Waals surface area contributed by atoms with E-state index in [1.807, 2.05) is 14.0 Å². The summed E-state index contributed by atoms with van der Waals surface area (Å²) < 4.78 is 41.2. The molecule has 1 saturated heterocycles. The number of alkyl halides is 3. The summed E-state index contributed by atoms with van der Waals surface area (Å²) in [6, 6.07) is 0.520. The van der Waals surface area contributed by atoms with Crippen LogP contribution in [0.1, 0.15) is 19.8 Å². The summed E-state index contributed by atoms with van der Waals surface area (Å²) >= 11 is 0. The van der Waals surface area contributed by atoms with Crippen LogP contribution in [0.3, 0.4) is 0 Å². The van der Waals surface area contributed by atoms with Gasteiger partial charge in [0.05, 0.1) is 6.54 Å². The number of rotatable bonds is 5. The lowest BCUT2D eigenvalue weighted by Gasteiger charge is -2.35. The van der Waals surface area contributed by atoms with Crippen molar-refractivity contribution in [2.45, 2.75) is 38.0 Å². The van der Waals surface area contributed by atoms with Gasteiger partial charge in [-0.15, -0.1) is 0 Å². The van der Waals surface area contributed by atoms with Crippen LogP contribution in [0.15, 0.2) is 0 Å². The van der Waals surface area contributed by atoms with Crippen LogP contribution in [-0.4, -0.2) is 56.5 Å². The molecule has 1 fully saturated rings. The highest BCUT2D eigenvalue weighted by molar-refractivity contribution is 4.77. The van der Waals surface area contributed by atoms with Crippen molar-refractivity contribution in [1.82, 2.24) is 10.2 Å². The van der Waals surface area contributed by atoms with Gasteiger partial charge in [0.15, 0.2) is 0 Å². The molecule has 0 aromatic rings. The summed E-state index contributed by atoms with van der Waals surface area (Å²) in [6.07, 6.45) is -2.21. The quantitative estimate of drug-likeness (QED) is 0.807. The molecular weight excluding hydrogens is 233 g/mol. The highest BCUT2D eigenvalue weighted by atomic mass is 19.4. The van der Waals surface area contributed by atoms with Gasteiger partial charge in [-0.2, -0.15) is 13.2 Å². The lowest BCUT2D eigenvalue weighted by atomic mass is 10.1. The van der Waals surface area contributed by atoms with Crippen molar-refractivity contribution < 1.29 is 17.9 Å². The number of nitrogens with zero attached hydrogens (tertiary/aromatic N) is 1. The smallest absolute Gasteiger partial charge is 0.381 e. The SMILES string of the molecule is CC(CNCC(F)(F)F)N(C)C1CCOCC1. The van der Waals surface area contributed by atoms with Crippen molar-refractivity contribution in [2.75, 3.05) is 33.4 Å². The molecule has 1 aliphatic rings. The molecule has 102 valence electrons. The summed E-state index contributed by atoms with van der Waals surface area (Å²) in [4.78, 5) is 2.14. The molecule has 0 bridgehead atoms. The van der Waals surface area contributed by atoms with Crippen molar-refractivity contribution in [1.29, 1.82) is 0 Å². The van der Waals surface area contributed by atoms with Crippen LogP contribution in [0.4, 0.5) is 13.2 Å². The Labute approximate surface area is 100 Å². The molecule has 6 heteroatoms. The van der Waals surface area contributed by atoms with Crippen LogP contribution in [0, 0.1) is 0 Å². The Kier molecular flexibility index (Phi) is 5.69. The van der Waals surface area contributed by atoms with Crippen molar-refractivity contribution in [2.24, 2.45) is 0 Å². The fourth-order valence-electron chi connectivity index (χ4n) is 2.02. The van der Waals surface area contributed by atoms with Crippen LogP contribution in [0.25, 0.3) is 0 Å². The predicted molar refractivity (Wildman–Crippen MR) is 60.0 cm³/mol. The lowest BCUT2D eigenvalue weighted by molar-refractivity contribution is -0.125. The van der Waals surface area contributed by atoms with E-state index in [2.05, 4.69) is 10.2 Å². The van der Waals surface area contributed by atoms with Gasteiger partial charge in [-0.05, 0) is 26.8 Å². The van der Waals surface area contributed by atoms with Crippen LogP contribution >= 0.6 is 0 Å². The van der Waals surface area contributed by atoms with E-state index in [4.69, 9.17) is 4.74 Å². The van der Waals surface area contributed by atoms with Gasteiger partial charge in [0.1, 0.15) is 0 Å². The largest absolute Gasteiger partial charge is 0.401 e. The molecule has 0 amide bonds. The predicted octanol–water partition coefficient (Wildman–Crippen LogP) is 1.64. The fourth-order valence-corrected chi connectivity index (χ4v) is 2.02. The molecule has 0 saturated carbocycles. The van der Waals surface area contributed by atoms with E-state index in [1.165, 1.54) is 0 Å². The molecule has 3 nitrogen and oxygen atoms in total. The maximum atomic E-state index is 12.0. The Hall–Kier alpha value is -0.330. The summed E-state index contributed by atoms with van der Waals surface area (Å²) in [6.45, 7) is 2.88. The zero-order valence-electron chi connectivity index (χ0n) is 10.4. The zero-order valence-corrected chi connectivity index (χ0v) is 10.4. The van der Waals surface area contributed by atoms with Crippen molar-refractivity contribution in [3.8, 4) is 0 Å². The first-order valence-corrected chi connectivity index (χ1v) is 5.97. The minimum Gasteiger partial charge on any atom is -0.381 e. The molecule has 1 rings (SSSR count). The van der Waals surface area contributed by atoms with E-state index in [-0.39, 0.29) is 6.04 Å². The minimum absolute atomic E-state index is 0.0976. The standard InChI is InChI=1S/C11H21F3N2O/c1-9(7-15-8-11(12,13)14)16(2)10-3-5-17-6-4-10/h9-10,15H,3-8H2,1-2H3. The van der Waals surface area contributed by atoms with Gasteiger partial charge >= 0.3 is 6.18 Å². The Balaban J connectivity index is 2.23. The van der Waals surface area contributed by atoms with Crippen LogP contribution in [0.5, 0.6) is 0 Å². The normalized spacial score (nSPS) is 20.8. The third kappa shape index (κ3) is 5.70. The Morgan fingerprint density at radius 3 is 2.47 bits per heavy atom. The molecule has 0 radical (unpaired) electrons. The molecule has 1 atom stereocenters. The van der Waals surface area contributed by atoms with Crippen molar-refractivity contribution in [3.63, 3.8) is 0 Å². The average Bonchev–Trinajstić information content (AvgIpc) is 2.27. The van der Waals surface area contributed by atoms with E-state index in [9.17, 15) is 13.2 Å². The zero-order chi connectivity index (χ0) is 12.9. The molecule has 17 heavy (non-hydrogen) atoms. The number of halogens is 3. The van der Waals surface area contributed by atoms with E-state index in [0.717, 1.165) is 26.1 Å². The summed E-state index contributed by atoms with van der Waals surface area (Å²) in [5, 5.41) is 2.45. The number of likely N-dealkylation sites (N-methyl/N-ethyl adjacent to an activating group) is 1. The van der Waals surface area contributed by atoms with E-state index >= 15 is 0 Å². The van der Waals surface area contributed by atoms with E-state index in [1.54, 1.807) is 0 Å². The molecule has 0 aliphatic carbocycles. The molecular formula is C11H21F3N2O. The monoisotopic (exact) mass is 254 g/mol. The van der Waals surface area contributed by atoms with Gasteiger partial charge in [-0.1, -0.05) is 0 Å². The Bertz CT molecular complexity index is 217. The molecule has 1 unspecified atom stereocenters. The molecule has 0 aromatic heterocycles. The third-order valence-electron chi connectivity index (χ3n) is 3.23. The molecule has 1 heterocycles. The average molecular weight is 254 g/mol. The van der Waals surface area contributed by atoms with Gasteiger partial charge in [0.25, 0.3) is 0 Å². The molecule has 0 spiro atoms. The fraction of sp³-hybridized carbons (Fsp3) is 1.00. The van der Waals surface area contributed by atoms with E-state index < -0.39 is 12.7 Å². The Morgan fingerprint density at radius 2 is 1.94 bits per heavy atom. The summed E-state index contributed by atoms with van der Waals surface area (Å²) in [7, 11) is 1.97.